The summed E-state index contributed by atoms with van der Waals surface area (Å²) in [5, 5.41) is 0.259. The summed E-state index contributed by atoms with van der Waals surface area (Å²) < 4.78 is 19.4. The van der Waals surface area contributed by atoms with Crippen LogP contribution in [0.4, 0.5) is 4.39 Å². The molecule has 2 aromatic carbocycles. The number of aldehydes is 1. The van der Waals surface area contributed by atoms with Crippen LogP contribution in [0.3, 0.4) is 0 Å². The van der Waals surface area contributed by atoms with Crippen LogP contribution in [-0.2, 0) is 0 Å². The summed E-state index contributed by atoms with van der Waals surface area (Å²) in [6.07, 6.45) is 0.644. The summed E-state index contributed by atoms with van der Waals surface area (Å²) in [6.45, 7) is 0. The van der Waals surface area contributed by atoms with Gasteiger partial charge in [-0.15, -0.1) is 0 Å². The smallest absolute Gasteiger partial charge is 0.177 e. The molecule has 0 fully saturated rings. The number of rotatable bonds is 3. The number of hydrogen-bond acceptors (Lipinski definition) is 2. The second-order valence-electron chi connectivity index (χ2n) is 3.45. The highest BCUT2D eigenvalue weighted by molar-refractivity contribution is 9.10. The molecule has 18 heavy (non-hydrogen) atoms. The summed E-state index contributed by atoms with van der Waals surface area (Å²) in [5.41, 5.74) is 0.358. The molecule has 0 aliphatic carbocycles. The molecule has 0 N–H and O–H groups in total. The molecule has 0 atom stereocenters. The van der Waals surface area contributed by atoms with E-state index in [4.69, 9.17) is 16.3 Å². The van der Waals surface area contributed by atoms with E-state index in [-0.39, 0.29) is 10.8 Å². The van der Waals surface area contributed by atoms with Crippen molar-refractivity contribution >= 4 is 33.8 Å². The maximum atomic E-state index is 13.5. The molecule has 2 rings (SSSR count). The number of carbonyl (C=O) groups is 1. The van der Waals surface area contributed by atoms with Crippen molar-refractivity contribution in [2.24, 2.45) is 0 Å². The van der Waals surface area contributed by atoms with E-state index in [0.717, 1.165) is 0 Å². The lowest BCUT2D eigenvalue weighted by Crippen LogP contribution is -1.91. The highest BCUT2D eigenvalue weighted by Crippen LogP contribution is 2.33. The van der Waals surface area contributed by atoms with Crippen molar-refractivity contribution < 1.29 is 13.9 Å². The van der Waals surface area contributed by atoms with Crippen molar-refractivity contribution in [3.63, 3.8) is 0 Å². The second-order valence-corrected chi connectivity index (χ2v) is 4.72. The summed E-state index contributed by atoms with van der Waals surface area (Å²) in [6, 6.07) is 9.05. The van der Waals surface area contributed by atoms with E-state index in [1.54, 1.807) is 18.2 Å². The first-order valence-corrected chi connectivity index (χ1v) is 6.15. The molecule has 0 unspecified atom stereocenters. The van der Waals surface area contributed by atoms with Crippen molar-refractivity contribution in [1.29, 1.82) is 0 Å². The Bertz CT molecular complexity index is 581. The molecule has 0 radical (unpaired) electrons. The van der Waals surface area contributed by atoms with Gasteiger partial charge in [0.25, 0.3) is 0 Å². The van der Waals surface area contributed by atoms with Crippen molar-refractivity contribution in [3.05, 3.63) is 57.3 Å². The molecule has 2 aromatic rings. The van der Waals surface area contributed by atoms with Crippen molar-refractivity contribution in [3.8, 4) is 11.5 Å². The molecule has 0 saturated carbocycles. The van der Waals surface area contributed by atoms with E-state index in [9.17, 15) is 9.18 Å². The predicted molar refractivity (Wildman–Crippen MR) is 71.0 cm³/mol. The van der Waals surface area contributed by atoms with Crippen LogP contribution in [-0.4, -0.2) is 6.29 Å². The molecule has 0 saturated heterocycles. The van der Waals surface area contributed by atoms with Gasteiger partial charge in [0.1, 0.15) is 5.75 Å². The van der Waals surface area contributed by atoms with E-state index in [0.29, 0.717) is 22.1 Å². The van der Waals surface area contributed by atoms with Gasteiger partial charge in [0.2, 0.25) is 0 Å². The molecule has 0 aliphatic rings. The van der Waals surface area contributed by atoms with Gasteiger partial charge in [-0.25, -0.2) is 4.39 Å². The van der Waals surface area contributed by atoms with E-state index >= 15 is 0 Å². The maximum Gasteiger partial charge on any atom is 0.177 e. The standard InChI is InChI=1S/C13H7BrClFO2/c14-10-2-1-3-12(16)13(10)18-9-5-4-8(7-17)11(15)6-9/h1-7H. The summed E-state index contributed by atoms with van der Waals surface area (Å²) in [7, 11) is 0. The minimum Gasteiger partial charge on any atom is -0.453 e. The third-order valence-corrected chi connectivity index (χ3v) is 3.19. The van der Waals surface area contributed by atoms with Crippen LogP contribution in [0.1, 0.15) is 10.4 Å². The highest BCUT2D eigenvalue weighted by Gasteiger charge is 2.10. The molecular formula is C13H7BrClFO2. The average molecular weight is 330 g/mol. The Hall–Kier alpha value is -1.39. The molecule has 0 spiro atoms. The largest absolute Gasteiger partial charge is 0.453 e. The summed E-state index contributed by atoms with van der Waals surface area (Å²) >= 11 is 9.06. The molecular weight excluding hydrogens is 322 g/mol. The van der Waals surface area contributed by atoms with Crippen LogP contribution in [0.15, 0.2) is 40.9 Å². The first kappa shape index (κ1) is 13.1. The van der Waals surface area contributed by atoms with Crippen LogP contribution >= 0.6 is 27.5 Å². The normalized spacial score (nSPS) is 10.2. The molecule has 0 aliphatic heterocycles. The van der Waals surface area contributed by atoms with Crippen LogP contribution in [0.25, 0.3) is 0 Å². The van der Waals surface area contributed by atoms with Crippen molar-refractivity contribution in [1.82, 2.24) is 0 Å². The molecule has 92 valence electrons. The fraction of sp³-hybridized carbons (Fsp3) is 0. The van der Waals surface area contributed by atoms with Gasteiger partial charge in [0, 0.05) is 11.6 Å². The van der Waals surface area contributed by atoms with Crippen LogP contribution < -0.4 is 4.74 Å². The fourth-order valence-electron chi connectivity index (χ4n) is 1.36. The lowest BCUT2D eigenvalue weighted by atomic mass is 10.2. The van der Waals surface area contributed by atoms with Gasteiger partial charge in [-0.05, 0) is 40.2 Å². The minimum atomic E-state index is -0.486. The number of hydrogen-bond donors (Lipinski definition) is 0. The van der Waals surface area contributed by atoms with Gasteiger partial charge >= 0.3 is 0 Å². The predicted octanol–water partition coefficient (Wildman–Crippen LogP) is 4.85. The molecule has 5 heteroatoms. The average Bonchev–Trinajstić information content (AvgIpc) is 2.34. The molecule has 2 nitrogen and oxygen atoms in total. The molecule has 0 bridgehead atoms. The molecule has 0 aromatic heterocycles. The summed E-state index contributed by atoms with van der Waals surface area (Å²) in [4.78, 5) is 10.6. The Balaban J connectivity index is 2.34. The van der Waals surface area contributed by atoms with Gasteiger partial charge in [-0.2, -0.15) is 0 Å². The monoisotopic (exact) mass is 328 g/mol. The number of ether oxygens (including phenoxy) is 1. The van der Waals surface area contributed by atoms with Gasteiger partial charge in [-0.1, -0.05) is 17.7 Å². The number of benzene rings is 2. The Morgan fingerprint density at radius 1 is 1.28 bits per heavy atom. The van der Waals surface area contributed by atoms with Gasteiger partial charge in [0.05, 0.1) is 9.50 Å². The van der Waals surface area contributed by atoms with E-state index in [2.05, 4.69) is 15.9 Å². The quantitative estimate of drug-likeness (QED) is 0.753. The number of halogens is 3. The van der Waals surface area contributed by atoms with Crippen LogP contribution in [0.5, 0.6) is 11.5 Å². The molecule has 0 amide bonds. The van der Waals surface area contributed by atoms with Crippen LogP contribution in [0, 0.1) is 5.82 Å². The van der Waals surface area contributed by atoms with E-state index < -0.39 is 5.82 Å². The zero-order valence-corrected chi connectivity index (χ0v) is 11.3. The summed E-state index contributed by atoms with van der Waals surface area (Å²) in [5.74, 6) is -0.0521. The fourth-order valence-corrected chi connectivity index (χ4v) is 2.00. The zero-order valence-electron chi connectivity index (χ0n) is 8.99. The van der Waals surface area contributed by atoms with Gasteiger partial charge < -0.3 is 4.74 Å². The third kappa shape index (κ3) is 2.71. The maximum absolute atomic E-state index is 13.5. The van der Waals surface area contributed by atoms with Crippen molar-refractivity contribution in [2.45, 2.75) is 0 Å². The first-order valence-electron chi connectivity index (χ1n) is 4.98. The minimum absolute atomic E-state index is 0.0763. The lowest BCUT2D eigenvalue weighted by molar-refractivity contribution is 0.112. The Kier molecular flexibility index (Phi) is 3.99. The topological polar surface area (TPSA) is 26.3 Å². The lowest BCUT2D eigenvalue weighted by Gasteiger charge is -2.09. The van der Waals surface area contributed by atoms with Gasteiger partial charge in [0.15, 0.2) is 17.9 Å². The SMILES string of the molecule is O=Cc1ccc(Oc2c(F)cccc2Br)cc1Cl. The number of carbonyl (C=O) groups excluding carboxylic acids is 1. The van der Waals surface area contributed by atoms with Crippen molar-refractivity contribution in [2.75, 3.05) is 0 Å². The first-order chi connectivity index (χ1) is 8.61. The van der Waals surface area contributed by atoms with E-state index in [1.165, 1.54) is 18.2 Å². The van der Waals surface area contributed by atoms with Crippen LogP contribution in [0.2, 0.25) is 5.02 Å². The zero-order chi connectivity index (χ0) is 13.1. The molecule has 0 heterocycles. The Labute approximate surface area is 116 Å². The third-order valence-electron chi connectivity index (χ3n) is 2.24. The Morgan fingerprint density at radius 2 is 2.06 bits per heavy atom. The van der Waals surface area contributed by atoms with E-state index in [1.807, 2.05) is 0 Å². The number of para-hydroxylation sites is 1. The second kappa shape index (κ2) is 5.50. The Morgan fingerprint density at radius 3 is 2.67 bits per heavy atom. The van der Waals surface area contributed by atoms with Gasteiger partial charge in [-0.3, -0.25) is 4.79 Å². The highest BCUT2D eigenvalue weighted by atomic mass is 79.9.